The minimum absolute atomic E-state index is 0.129. The van der Waals surface area contributed by atoms with Gasteiger partial charge in [0.25, 0.3) is 5.91 Å². The van der Waals surface area contributed by atoms with Gasteiger partial charge in [-0.3, -0.25) is 9.89 Å². The highest BCUT2D eigenvalue weighted by Gasteiger charge is 2.27. The number of hydrogen-bond donors (Lipinski definition) is 2. The quantitative estimate of drug-likeness (QED) is 0.828. The van der Waals surface area contributed by atoms with Crippen molar-refractivity contribution in [2.75, 3.05) is 13.1 Å². The third kappa shape index (κ3) is 3.87. The fraction of sp³-hybridized carbons (Fsp3) is 0.444. The highest BCUT2D eigenvalue weighted by molar-refractivity contribution is 5.91. The van der Waals surface area contributed by atoms with E-state index < -0.39 is 5.60 Å². The van der Waals surface area contributed by atoms with Crippen molar-refractivity contribution in [2.45, 2.75) is 38.2 Å². The SMILES string of the molecule is CC(C)(O)C#Cc1ccc(C(=O)N2CCC[C@@H](c3ccn[nH]3)C2)o1. The van der Waals surface area contributed by atoms with Gasteiger partial charge < -0.3 is 14.4 Å². The van der Waals surface area contributed by atoms with E-state index in [-0.39, 0.29) is 17.6 Å². The number of piperidine rings is 1. The van der Waals surface area contributed by atoms with E-state index in [1.807, 2.05) is 6.07 Å². The lowest BCUT2D eigenvalue weighted by Gasteiger charge is -2.31. The van der Waals surface area contributed by atoms with Gasteiger partial charge in [-0.25, -0.2) is 0 Å². The molecule has 1 saturated heterocycles. The largest absolute Gasteiger partial charge is 0.443 e. The van der Waals surface area contributed by atoms with Crippen LogP contribution in [0.15, 0.2) is 28.8 Å². The molecule has 0 bridgehead atoms. The van der Waals surface area contributed by atoms with Gasteiger partial charge in [0, 0.05) is 30.9 Å². The van der Waals surface area contributed by atoms with E-state index >= 15 is 0 Å². The van der Waals surface area contributed by atoms with Crippen molar-refractivity contribution in [3.63, 3.8) is 0 Å². The van der Waals surface area contributed by atoms with Crippen molar-refractivity contribution in [2.24, 2.45) is 0 Å². The first-order chi connectivity index (χ1) is 11.4. The van der Waals surface area contributed by atoms with Gasteiger partial charge in [-0.1, -0.05) is 5.92 Å². The lowest BCUT2D eigenvalue weighted by Crippen LogP contribution is -2.39. The topological polar surface area (TPSA) is 82.4 Å². The van der Waals surface area contributed by atoms with E-state index in [2.05, 4.69) is 22.0 Å². The number of amides is 1. The van der Waals surface area contributed by atoms with Crippen LogP contribution in [0.4, 0.5) is 0 Å². The number of carbonyl (C=O) groups excluding carboxylic acids is 1. The first-order valence-corrected chi connectivity index (χ1v) is 8.06. The zero-order chi connectivity index (χ0) is 17.2. The molecular weight excluding hydrogens is 306 g/mol. The van der Waals surface area contributed by atoms with E-state index in [9.17, 15) is 9.90 Å². The molecule has 2 aromatic heterocycles. The number of carbonyl (C=O) groups is 1. The molecule has 1 aliphatic heterocycles. The lowest BCUT2D eigenvalue weighted by atomic mass is 9.95. The van der Waals surface area contributed by atoms with Crippen molar-refractivity contribution in [3.8, 4) is 11.8 Å². The summed E-state index contributed by atoms with van der Waals surface area (Å²) in [5.41, 5.74) is -0.0371. The zero-order valence-electron chi connectivity index (χ0n) is 13.9. The van der Waals surface area contributed by atoms with Crippen molar-refractivity contribution in [1.29, 1.82) is 0 Å². The number of rotatable bonds is 2. The number of hydrogen-bond acceptors (Lipinski definition) is 4. The molecule has 0 aromatic carbocycles. The molecule has 1 fully saturated rings. The average Bonchev–Trinajstić information content (AvgIpc) is 3.23. The van der Waals surface area contributed by atoms with Crippen LogP contribution >= 0.6 is 0 Å². The summed E-state index contributed by atoms with van der Waals surface area (Å²) in [6.07, 6.45) is 3.71. The molecule has 1 atom stereocenters. The number of aromatic nitrogens is 2. The third-order valence-corrected chi connectivity index (χ3v) is 3.98. The van der Waals surface area contributed by atoms with Gasteiger partial charge in [0.1, 0.15) is 5.60 Å². The van der Waals surface area contributed by atoms with Crippen LogP contribution in [0.3, 0.4) is 0 Å². The lowest BCUT2D eigenvalue weighted by molar-refractivity contribution is 0.0673. The molecule has 0 radical (unpaired) electrons. The van der Waals surface area contributed by atoms with Gasteiger partial charge >= 0.3 is 0 Å². The smallest absolute Gasteiger partial charge is 0.289 e. The number of aliphatic hydroxyl groups is 1. The number of nitrogens with zero attached hydrogens (tertiary/aromatic N) is 2. The van der Waals surface area contributed by atoms with E-state index in [1.165, 1.54) is 0 Å². The molecule has 2 aromatic rings. The number of H-pyrrole nitrogens is 1. The van der Waals surface area contributed by atoms with Crippen molar-refractivity contribution in [3.05, 3.63) is 41.6 Å². The van der Waals surface area contributed by atoms with Crippen molar-refractivity contribution < 1.29 is 14.3 Å². The summed E-state index contributed by atoms with van der Waals surface area (Å²) in [5.74, 6) is 6.21. The van der Waals surface area contributed by atoms with Crippen LogP contribution in [0.25, 0.3) is 0 Å². The molecule has 3 heterocycles. The number of likely N-dealkylation sites (tertiary alicyclic amines) is 1. The van der Waals surface area contributed by atoms with Crippen molar-refractivity contribution >= 4 is 5.91 Å². The molecule has 2 N–H and O–H groups in total. The molecular formula is C18H21N3O3. The maximum absolute atomic E-state index is 12.6. The van der Waals surface area contributed by atoms with Crippen LogP contribution in [-0.4, -0.2) is 44.8 Å². The van der Waals surface area contributed by atoms with E-state index in [1.54, 1.807) is 37.1 Å². The second-order valence-electron chi connectivity index (χ2n) is 6.58. The van der Waals surface area contributed by atoms with Gasteiger partial charge in [0.05, 0.1) is 0 Å². The summed E-state index contributed by atoms with van der Waals surface area (Å²) in [4.78, 5) is 14.4. The Bertz CT molecular complexity index is 760. The number of furan rings is 1. The number of aromatic amines is 1. The monoisotopic (exact) mass is 327 g/mol. The molecule has 6 nitrogen and oxygen atoms in total. The fourth-order valence-electron chi connectivity index (χ4n) is 2.80. The summed E-state index contributed by atoms with van der Waals surface area (Å²) in [5, 5.41) is 16.6. The van der Waals surface area contributed by atoms with E-state index in [4.69, 9.17) is 4.42 Å². The normalized spacial score (nSPS) is 18.1. The second kappa shape index (κ2) is 6.54. The Morgan fingerprint density at radius 2 is 2.29 bits per heavy atom. The highest BCUT2D eigenvalue weighted by Crippen LogP contribution is 2.26. The molecule has 3 rings (SSSR count). The fourth-order valence-corrected chi connectivity index (χ4v) is 2.80. The van der Waals surface area contributed by atoms with Gasteiger partial charge in [-0.15, -0.1) is 0 Å². The predicted molar refractivity (Wildman–Crippen MR) is 88.4 cm³/mol. The Morgan fingerprint density at radius 1 is 1.46 bits per heavy atom. The van der Waals surface area contributed by atoms with E-state index in [0.29, 0.717) is 12.3 Å². The molecule has 1 amide bonds. The summed E-state index contributed by atoms with van der Waals surface area (Å²) in [6.45, 7) is 4.55. The first kappa shape index (κ1) is 16.3. The minimum atomic E-state index is -1.10. The predicted octanol–water partition coefficient (Wildman–Crippen LogP) is 2.14. The third-order valence-electron chi connectivity index (χ3n) is 3.98. The minimum Gasteiger partial charge on any atom is -0.443 e. The van der Waals surface area contributed by atoms with Crippen LogP contribution in [0.2, 0.25) is 0 Å². The summed E-state index contributed by atoms with van der Waals surface area (Å²) in [6, 6.07) is 5.24. The number of nitrogens with one attached hydrogen (secondary N) is 1. The van der Waals surface area contributed by atoms with Gasteiger partial charge in [0.15, 0.2) is 11.5 Å². The van der Waals surface area contributed by atoms with Crippen molar-refractivity contribution in [1.82, 2.24) is 15.1 Å². The zero-order valence-corrected chi connectivity index (χ0v) is 13.9. The van der Waals surface area contributed by atoms with Gasteiger partial charge in [-0.05, 0) is 50.8 Å². The molecule has 24 heavy (non-hydrogen) atoms. The Kier molecular flexibility index (Phi) is 4.45. The molecule has 0 spiro atoms. The van der Waals surface area contributed by atoms with Crippen LogP contribution < -0.4 is 0 Å². The highest BCUT2D eigenvalue weighted by atomic mass is 16.4. The molecule has 1 aliphatic rings. The van der Waals surface area contributed by atoms with Crippen LogP contribution in [0.1, 0.15) is 54.6 Å². The average molecular weight is 327 g/mol. The molecule has 0 saturated carbocycles. The van der Waals surface area contributed by atoms with Crippen LogP contribution in [-0.2, 0) is 0 Å². The second-order valence-corrected chi connectivity index (χ2v) is 6.58. The molecule has 0 unspecified atom stereocenters. The standard InChI is InChI=1S/C18H21N3O3/c1-18(2,23)9-7-14-5-6-16(24-14)17(22)21-11-3-4-13(12-21)15-8-10-19-20-15/h5-6,8,10,13,23H,3-4,11-12H2,1-2H3,(H,19,20)/t13-/m1/s1. The summed E-state index contributed by atoms with van der Waals surface area (Å²) >= 11 is 0. The molecule has 6 heteroatoms. The van der Waals surface area contributed by atoms with Gasteiger partial charge in [-0.2, -0.15) is 5.10 Å². The molecule has 126 valence electrons. The Hall–Kier alpha value is -2.52. The summed E-state index contributed by atoms with van der Waals surface area (Å²) in [7, 11) is 0. The van der Waals surface area contributed by atoms with E-state index in [0.717, 1.165) is 25.1 Å². The van der Waals surface area contributed by atoms with Crippen LogP contribution in [0, 0.1) is 11.8 Å². The Balaban J connectivity index is 1.70. The molecule has 0 aliphatic carbocycles. The van der Waals surface area contributed by atoms with Gasteiger partial charge in [0.2, 0.25) is 0 Å². The first-order valence-electron chi connectivity index (χ1n) is 8.06. The maximum Gasteiger partial charge on any atom is 0.289 e. The Labute approximate surface area is 140 Å². The van der Waals surface area contributed by atoms with Crippen LogP contribution in [0.5, 0.6) is 0 Å². The maximum atomic E-state index is 12.6. The Morgan fingerprint density at radius 3 is 3.00 bits per heavy atom. The summed E-state index contributed by atoms with van der Waals surface area (Å²) < 4.78 is 5.52.